The molecule has 0 atom stereocenters. The molecule has 0 amide bonds. The van der Waals surface area contributed by atoms with Crippen LogP contribution < -0.4 is 88.7 Å². The van der Waals surface area contributed by atoms with E-state index in [9.17, 15) is 25.9 Å². The average Bonchev–Trinajstić information content (AvgIpc) is 3.27. The second kappa shape index (κ2) is 22.4. The molecule has 20 heteroatoms. The minimum atomic E-state index is -5.34. The standard InChI is InChI=1S/C46H34N6O10S2.2Na/c53-63(54,55)39-24-14-13-15-31(39)25-26-37-38(48-46-51-43(61-35-20-9-3-10-21-35)30-44(52-46)62-36-22-11-4-12-23-36)27-32(28-40(37)64(56,57)58)47-45-49-41(59-33-16-5-1-6-17-33)29-42(50-45)60-34-18-7-2-8-19-34;;/h1-30H,(H,47,49,50)(H,48,51,52)(H,53,54,55)(H,56,57,58);;/q;2*+1/p-2. The van der Waals surface area contributed by atoms with Gasteiger partial charge in [0.1, 0.15) is 43.2 Å². The molecule has 0 saturated heterocycles. The van der Waals surface area contributed by atoms with Gasteiger partial charge >= 0.3 is 59.1 Å². The van der Waals surface area contributed by atoms with Crippen molar-refractivity contribution < 1.29 is 104 Å². The summed E-state index contributed by atoms with van der Waals surface area (Å²) in [7, 11) is -10.3. The van der Waals surface area contributed by atoms with Crippen LogP contribution in [0.25, 0.3) is 12.2 Å². The minimum Gasteiger partial charge on any atom is -0.744 e. The molecular formula is C46H32N6Na2O10S2. The van der Waals surface area contributed by atoms with Crippen LogP contribution in [-0.4, -0.2) is 45.9 Å². The summed E-state index contributed by atoms with van der Waals surface area (Å²) >= 11 is 0. The minimum absolute atomic E-state index is 0. The molecule has 8 aromatic rings. The topological polar surface area (TPSA) is 227 Å². The van der Waals surface area contributed by atoms with Gasteiger partial charge in [0, 0.05) is 11.3 Å². The van der Waals surface area contributed by atoms with Gasteiger partial charge in [0.2, 0.25) is 35.4 Å². The summed E-state index contributed by atoms with van der Waals surface area (Å²) in [5.41, 5.74) is -0.477. The summed E-state index contributed by atoms with van der Waals surface area (Å²) in [6.45, 7) is 0. The SMILES string of the molecule is O=S(=O)([O-])c1ccccc1C=Cc1c(Nc2nc(Oc3ccccc3)cc(Oc3ccccc3)n2)cc(Nc2nc(Oc3ccccc3)cc(Oc3ccccc3)n2)cc1S(=O)(=O)[O-].[Na+].[Na+]. The fraction of sp³-hybridized carbons (Fsp3) is 0. The number of para-hydroxylation sites is 4. The predicted octanol–water partition coefficient (Wildman–Crippen LogP) is 3.91. The maximum absolute atomic E-state index is 13.2. The first-order valence-corrected chi connectivity index (χ1v) is 21.8. The number of benzene rings is 6. The monoisotopic (exact) mass is 938 g/mol. The number of nitrogens with one attached hydrogen (secondary N) is 2. The van der Waals surface area contributed by atoms with E-state index in [-0.39, 0.29) is 117 Å². The van der Waals surface area contributed by atoms with Crippen molar-refractivity contribution in [3.8, 4) is 46.5 Å². The molecule has 0 aliphatic carbocycles. The van der Waals surface area contributed by atoms with Gasteiger partial charge in [-0.1, -0.05) is 103 Å². The normalized spacial score (nSPS) is 11.1. The third-order valence-corrected chi connectivity index (χ3v) is 10.5. The van der Waals surface area contributed by atoms with Crippen molar-refractivity contribution in [3.05, 3.63) is 181 Å². The largest absolute Gasteiger partial charge is 1.00 e. The molecule has 0 aliphatic rings. The molecule has 320 valence electrons. The van der Waals surface area contributed by atoms with E-state index in [1.165, 1.54) is 48.6 Å². The Morgan fingerprint density at radius 2 is 0.788 bits per heavy atom. The first-order chi connectivity index (χ1) is 30.9. The third kappa shape index (κ3) is 13.5. The van der Waals surface area contributed by atoms with Crippen LogP contribution in [-0.2, 0) is 20.2 Å². The number of anilines is 4. The van der Waals surface area contributed by atoms with E-state index in [1.807, 2.05) is 12.1 Å². The molecule has 0 saturated carbocycles. The molecule has 0 radical (unpaired) electrons. The second-order valence-corrected chi connectivity index (χ2v) is 16.1. The molecule has 2 aromatic heterocycles. The molecule has 2 N–H and O–H groups in total. The first kappa shape index (κ1) is 49.3. The Balaban J connectivity index is 0.00000360. The van der Waals surface area contributed by atoms with Gasteiger partial charge < -0.3 is 38.7 Å². The van der Waals surface area contributed by atoms with Crippen molar-refractivity contribution in [1.29, 1.82) is 0 Å². The molecule has 0 spiro atoms. The summed E-state index contributed by atoms with van der Waals surface area (Å²) < 4.78 is 100. The summed E-state index contributed by atoms with van der Waals surface area (Å²) in [6.07, 6.45) is 2.36. The fourth-order valence-corrected chi connectivity index (χ4v) is 7.40. The summed E-state index contributed by atoms with van der Waals surface area (Å²) in [4.78, 5) is 16.6. The van der Waals surface area contributed by atoms with Crippen molar-refractivity contribution in [2.75, 3.05) is 10.6 Å². The Bertz CT molecular complexity index is 3060. The van der Waals surface area contributed by atoms with Crippen LogP contribution in [0.1, 0.15) is 11.1 Å². The Hall–Kier alpha value is -6.16. The van der Waals surface area contributed by atoms with Crippen molar-refractivity contribution in [2.45, 2.75) is 9.79 Å². The average molecular weight is 939 g/mol. The Labute approximate surface area is 423 Å². The second-order valence-electron chi connectivity index (χ2n) is 13.4. The van der Waals surface area contributed by atoms with E-state index >= 15 is 0 Å². The van der Waals surface area contributed by atoms with Gasteiger partial charge in [0.05, 0.1) is 27.6 Å². The van der Waals surface area contributed by atoms with Crippen LogP contribution in [0, 0.1) is 0 Å². The van der Waals surface area contributed by atoms with E-state index in [2.05, 4.69) is 30.6 Å². The van der Waals surface area contributed by atoms with Crippen molar-refractivity contribution >= 4 is 55.7 Å². The summed E-state index contributed by atoms with van der Waals surface area (Å²) in [5.74, 6) is 1.55. The molecular weight excluding hydrogens is 907 g/mol. The molecule has 0 aliphatic heterocycles. The van der Waals surface area contributed by atoms with Gasteiger partial charge in [-0.15, -0.1) is 0 Å². The summed E-state index contributed by atoms with van der Waals surface area (Å²) in [5, 5.41) is 5.94. The Morgan fingerprint density at radius 1 is 0.424 bits per heavy atom. The van der Waals surface area contributed by atoms with Crippen LogP contribution >= 0.6 is 0 Å². The van der Waals surface area contributed by atoms with Crippen LogP contribution in [0.2, 0.25) is 0 Å². The maximum atomic E-state index is 13.2. The molecule has 0 bridgehead atoms. The number of ether oxygens (including phenoxy) is 4. The van der Waals surface area contributed by atoms with Gasteiger partial charge in [-0.25, -0.2) is 16.8 Å². The van der Waals surface area contributed by atoms with Gasteiger partial charge in [-0.2, -0.15) is 19.9 Å². The molecule has 2 heterocycles. The van der Waals surface area contributed by atoms with Crippen molar-refractivity contribution in [3.63, 3.8) is 0 Å². The Morgan fingerprint density at radius 3 is 1.18 bits per heavy atom. The van der Waals surface area contributed by atoms with Crippen LogP contribution in [0.3, 0.4) is 0 Å². The van der Waals surface area contributed by atoms with Crippen LogP contribution in [0.4, 0.5) is 23.3 Å². The van der Waals surface area contributed by atoms with Gasteiger partial charge in [-0.05, 0) is 72.3 Å². The first-order valence-electron chi connectivity index (χ1n) is 19.0. The van der Waals surface area contributed by atoms with Crippen LogP contribution in [0.5, 0.6) is 46.5 Å². The van der Waals surface area contributed by atoms with Crippen LogP contribution in [0.15, 0.2) is 180 Å². The van der Waals surface area contributed by atoms with E-state index in [0.29, 0.717) is 23.0 Å². The van der Waals surface area contributed by atoms with Crippen molar-refractivity contribution in [2.24, 2.45) is 0 Å². The number of hydrogen-bond donors (Lipinski definition) is 2. The zero-order chi connectivity index (χ0) is 44.5. The molecule has 6 aromatic carbocycles. The fourth-order valence-electron chi connectivity index (χ4n) is 6.02. The molecule has 66 heavy (non-hydrogen) atoms. The smallest absolute Gasteiger partial charge is 0.744 e. The Kier molecular flexibility index (Phi) is 16.7. The zero-order valence-corrected chi connectivity index (χ0v) is 40.6. The van der Waals surface area contributed by atoms with E-state index in [1.54, 1.807) is 109 Å². The van der Waals surface area contributed by atoms with Crippen molar-refractivity contribution in [1.82, 2.24) is 19.9 Å². The third-order valence-electron chi connectivity index (χ3n) is 8.75. The maximum Gasteiger partial charge on any atom is 1.00 e. The molecule has 8 rings (SSSR count). The number of hydrogen-bond acceptors (Lipinski definition) is 16. The molecule has 0 unspecified atom stereocenters. The van der Waals surface area contributed by atoms with Gasteiger partial charge in [0.25, 0.3) is 0 Å². The van der Waals surface area contributed by atoms with E-state index in [0.717, 1.165) is 12.1 Å². The van der Waals surface area contributed by atoms with Gasteiger partial charge in [-0.3, -0.25) is 0 Å². The molecule has 16 nitrogen and oxygen atoms in total. The molecule has 0 fully saturated rings. The summed E-state index contributed by atoms with van der Waals surface area (Å²) in [6, 6.07) is 45.7. The number of nitrogens with zero attached hydrogens (tertiary/aromatic N) is 4. The quantitative estimate of drug-likeness (QED) is 0.0796. The number of aromatic nitrogens is 4. The predicted molar refractivity (Wildman–Crippen MR) is 234 cm³/mol. The number of rotatable bonds is 16. The zero-order valence-electron chi connectivity index (χ0n) is 35.0. The van der Waals surface area contributed by atoms with E-state index in [4.69, 9.17) is 18.9 Å². The van der Waals surface area contributed by atoms with Gasteiger partial charge in [0.15, 0.2) is 0 Å². The van der Waals surface area contributed by atoms with E-state index < -0.39 is 30.0 Å².